The van der Waals surface area contributed by atoms with Gasteiger partial charge in [-0.15, -0.1) is 0 Å². The van der Waals surface area contributed by atoms with Gasteiger partial charge in [-0.1, -0.05) is 51.4 Å². The summed E-state index contributed by atoms with van der Waals surface area (Å²) in [5.41, 5.74) is 0.133. The van der Waals surface area contributed by atoms with Gasteiger partial charge in [0.25, 0.3) is 0 Å². The van der Waals surface area contributed by atoms with Crippen LogP contribution in [0.25, 0.3) is 0 Å². The van der Waals surface area contributed by atoms with Crippen molar-refractivity contribution in [3.63, 3.8) is 0 Å². The third-order valence-corrected chi connectivity index (χ3v) is 5.14. The van der Waals surface area contributed by atoms with Gasteiger partial charge in [0.15, 0.2) is 11.6 Å². The van der Waals surface area contributed by atoms with Crippen LogP contribution in [0.5, 0.6) is 5.75 Å². The summed E-state index contributed by atoms with van der Waals surface area (Å²) in [6, 6.07) is 3.03. The number of hydrogen-bond donors (Lipinski definition) is 0. The van der Waals surface area contributed by atoms with Crippen molar-refractivity contribution in [2.24, 2.45) is 11.8 Å². The molecule has 0 bridgehead atoms. The van der Waals surface area contributed by atoms with Crippen LogP contribution in [-0.2, 0) is 0 Å². The molecule has 0 N–H and O–H groups in total. The Bertz CT molecular complexity index is 592. The largest absolute Gasteiger partial charge is 0.490 e. The van der Waals surface area contributed by atoms with E-state index in [-0.39, 0.29) is 11.3 Å². The van der Waals surface area contributed by atoms with Gasteiger partial charge in [-0.2, -0.15) is 4.39 Å². The van der Waals surface area contributed by atoms with Crippen molar-refractivity contribution < 1.29 is 13.5 Å². The van der Waals surface area contributed by atoms with Crippen LogP contribution in [0.3, 0.4) is 0 Å². The van der Waals surface area contributed by atoms with Crippen LogP contribution >= 0.6 is 0 Å². The van der Waals surface area contributed by atoms with Gasteiger partial charge in [-0.25, -0.2) is 4.39 Å². The van der Waals surface area contributed by atoms with Gasteiger partial charge in [0.2, 0.25) is 5.82 Å². The first kappa shape index (κ1) is 19.8. The molecule has 1 aromatic rings. The molecule has 0 radical (unpaired) electrons. The second-order valence-electron chi connectivity index (χ2n) is 7.04. The van der Waals surface area contributed by atoms with Crippen molar-refractivity contribution in [3.8, 4) is 17.6 Å². The quantitative estimate of drug-likeness (QED) is 0.404. The van der Waals surface area contributed by atoms with Crippen LogP contribution < -0.4 is 4.74 Å². The van der Waals surface area contributed by atoms with E-state index in [0.717, 1.165) is 44.4 Å². The minimum Gasteiger partial charge on any atom is -0.490 e. The second kappa shape index (κ2) is 10.4. The summed E-state index contributed by atoms with van der Waals surface area (Å²) in [5.74, 6) is 5.28. The van der Waals surface area contributed by atoms with Gasteiger partial charge in [-0.3, -0.25) is 0 Å². The Hall–Kier alpha value is -1.56. The zero-order chi connectivity index (χ0) is 18.1. The minimum atomic E-state index is -0.919. The summed E-state index contributed by atoms with van der Waals surface area (Å²) >= 11 is 0. The Labute approximate surface area is 151 Å². The molecule has 1 fully saturated rings. The fourth-order valence-electron chi connectivity index (χ4n) is 3.35. The molecule has 1 nitrogen and oxygen atoms in total. The lowest BCUT2D eigenvalue weighted by Gasteiger charge is -2.24. The van der Waals surface area contributed by atoms with E-state index in [0.29, 0.717) is 12.5 Å². The van der Waals surface area contributed by atoms with E-state index in [1.54, 1.807) is 0 Å². The summed E-state index contributed by atoms with van der Waals surface area (Å²) in [4.78, 5) is 0. The zero-order valence-electron chi connectivity index (χ0n) is 15.5. The van der Waals surface area contributed by atoms with E-state index in [9.17, 15) is 8.78 Å². The molecule has 138 valence electrons. The first-order valence-electron chi connectivity index (χ1n) is 9.78. The SMILES string of the molecule is CCCCCCOc1ccc(C#C[C@H]2CC[C@H](CC)CC2)c(F)c1F. The van der Waals surface area contributed by atoms with E-state index in [4.69, 9.17) is 4.74 Å². The normalized spacial score (nSPS) is 20.0. The van der Waals surface area contributed by atoms with Gasteiger partial charge < -0.3 is 4.74 Å². The summed E-state index contributed by atoms with van der Waals surface area (Å²) in [6.07, 6.45) is 9.91. The van der Waals surface area contributed by atoms with Crippen molar-refractivity contribution in [2.75, 3.05) is 6.61 Å². The molecule has 0 saturated heterocycles. The molecule has 2 rings (SSSR count). The van der Waals surface area contributed by atoms with Gasteiger partial charge in [-0.05, 0) is 50.2 Å². The third-order valence-electron chi connectivity index (χ3n) is 5.14. The van der Waals surface area contributed by atoms with E-state index in [2.05, 4.69) is 25.7 Å². The standard InChI is InChI=1S/C22H30F2O/c1-3-5-6-7-16-25-20-15-14-19(21(23)22(20)24)13-12-18-10-8-17(4-2)9-11-18/h14-15,17-18H,3-11,16H2,1-2H3/t17-,18-. The minimum absolute atomic E-state index is 0.0111. The second-order valence-corrected chi connectivity index (χ2v) is 7.04. The molecule has 0 aromatic heterocycles. The number of benzene rings is 1. The smallest absolute Gasteiger partial charge is 0.201 e. The average molecular weight is 348 g/mol. The fourth-order valence-corrected chi connectivity index (χ4v) is 3.35. The summed E-state index contributed by atoms with van der Waals surface area (Å²) in [5, 5.41) is 0. The maximum Gasteiger partial charge on any atom is 0.201 e. The number of ether oxygens (including phenoxy) is 1. The van der Waals surface area contributed by atoms with Gasteiger partial charge in [0.05, 0.1) is 12.2 Å². The van der Waals surface area contributed by atoms with E-state index >= 15 is 0 Å². The van der Waals surface area contributed by atoms with Crippen molar-refractivity contribution in [1.82, 2.24) is 0 Å². The van der Waals surface area contributed by atoms with Crippen LogP contribution in [0.4, 0.5) is 8.78 Å². The number of unbranched alkanes of at least 4 members (excludes halogenated alkanes) is 3. The summed E-state index contributed by atoms with van der Waals surface area (Å²) in [7, 11) is 0. The van der Waals surface area contributed by atoms with Gasteiger partial charge in [0.1, 0.15) is 0 Å². The molecule has 0 heterocycles. The van der Waals surface area contributed by atoms with E-state index in [1.807, 2.05) is 0 Å². The Morgan fingerprint density at radius 3 is 2.44 bits per heavy atom. The lowest BCUT2D eigenvalue weighted by molar-refractivity contribution is 0.285. The molecule has 1 aromatic carbocycles. The Morgan fingerprint density at radius 2 is 1.76 bits per heavy atom. The van der Waals surface area contributed by atoms with Crippen LogP contribution in [0.15, 0.2) is 12.1 Å². The first-order valence-corrected chi connectivity index (χ1v) is 9.78. The molecule has 1 aliphatic carbocycles. The summed E-state index contributed by atoms with van der Waals surface area (Å²) < 4.78 is 33.7. The lowest BCUT2D eigenvalue weighted by Crippen LogP contribution is -2.12. The fraction of sp³-hybridized carbons (Fsp3) is 0.636. The lowest BCUT2D eigenvalue weighted by atomic mass is 9.81. The maximum absolute atomic E-state index is 14.2. The number of halogens is 2. The van der Waals surface area contributed by atoms with Crippen molar-refractivity contribution >= 4 is 0 Å². The Morgan fingerprint density at radius 1 is 1.00 bits per heavy atom. The highest BCUT2D eigenvalue weighted by Gasteiger charge is 2.18. The molecule has 0 atom stereocenters. The van der Waals surface area contributed by atoms with Crippen molar-refractivity contribution in [1.29, 1.82) is 0 Å². The molecule has 1 aliphatic rings. The average Bonchev–Trinajstić information content (AvgIpc) is 2.64. The van der Waals surface area contributed by atoms with Crippen LogP contribution in [-0.4, -0.2) is 6.61 Å². The maximum atomic E-state index is 14.2. The number of hydrogen-bond acceptors (Lipinski definition) is 1. The van der Waals surface area contributed by atoms with Crippen LogP contribution in [0.2, 0.25) is 0 Å². The van der Waals surface area contributed by atoms with Gasteiger partial charge >= 0.3 is 0 Å². The Balaban J connectivity index is 1.92. The van der Waals surface area contributed by atoms with Crippen molar-refractivity contribution in [3.05, 3.63) is 29.3 Å². The molecule has 0 spiro atoms. The third kappa shape index (κ3) is 6.03. The molecule has 25 heavy (non-hydrogen) atoms. The predicted octanol–water partition coefficient (Wildman–Crippen LogP) is 6.49. The summed E-state index contributed by atoms with van der Waals surface area (Å²) in [6.45, 7) is 4.77. The highest BCUT2D eigenvalue weighted by Crippen LogP contribution is 2.30. The first-order chi connectivity index (χ1) is 12.2. The predicted molar refractivity (Wildman–Crippen MR) is 98.6 cm³/mol. The van der Waals surface area contributed by atoms with Crippen molar-refractivity contribution in [2.45, 2.75) is 71.6 Å². The molecule has 0 amide bonds. The van der Waals surface area contributed by atoms with Crippen LogP contribution in [0, 0.1) is 35.3 Å². The van der Waals surface area contributed by atoms with Gasteiger partial charge in [0, 0.05) is 5.92 Å². The van der Waals surface area contributed by atoms with Crippen LogP contribution in [0.1, 0.15) is 77.2 Å². The molecule has 1 saturated carbocycles. The molecule has 3 heteroatoms. The zero-order valence-corrected chi connectivity index (χ0v) is 15.5. The monoisotopic (exact) mass is 348 g/mol. The van der Waals surface area contributed by atoms with E-state index in [1.165, 1.54) is 31.4 Å². The highest BCUT2D eigenvalue weighted by atomic mass is 19.2. The van der Waals surface area contributed by atoms with E-state index < -0.39 is 11.6 Å². The topological polar surface area (TPSA) is 9.23 Å². The molecular formula is C22H30F2O. The molecule has 0 unspecified atom stereocenters. The molecule has 0 aliphatic heterocycles. The molecular weight excluding hydrogens is 318 g/mol. The number of rotatable bonds is 7. The Kier molecular flexibility index (Phi) is 8.25. The highest BCUT2D eigenvalue weighted by molar-refractivity contribution is 5.41.